The third-order valence-corrected chi connectivity index (χ3v) is 3.81. The number of hydrazone groups is 1. The molecule has 0 saturated heterocycles. The van der Waals surface area contributed by atoms with E-state index in [4.69, 9.17) is 4.74 Å². The van der Waals surface area contributed by atoms with Crippen molar-refractivity contribution in [3.05, 3.63) is 87.3 Å². The minimum Gasteiger partial charge on any atom is -0.488 e. The van der Waals surface area contributed by atoms with Gasteiger partial charge in [-0.15, -0.1) is 0 Å². The van der Waals surface area contributed by atoms with E-state index in [1.165, 1.54) is 11.6 Å². The molecule has 0 aliphatic rings. The fraction of sp³-hybridized carbons (Fsp3) is 0.150. The number of nitrogens with zero attached hydrogens (tertiary/aromatic N) is 2. The Balaban J connectivity index is 1.70. The molecule has 6 heteroatoms. The summed E-state index contributed by atoms with van der Waals surface area (Å²) in [5, 5.41) is 4.14. The topological polar surface area (TPSA) is 79.4 Å². The van der Waals surface area contributed by atoms with Crippen molar-refractivity contribution in [2.24, 2.45) is 5.10 Å². The van der Waals surface area contributed by atoms with E-state index in [1.54, 1.807) is 13.1 Å². The van der Waals surface area contributed by atoms with Crippen LogP contribution >= 0.6 is 0 Å². The van der Waals surface area contributed by atoms with Gasteiger partial charge in [-0.25, -0.2) is 10.4 Å². The van der Waals surface area contributed by atoms with Gasteiger partial charge in [0.2, 0.25) is 5.95 Å². The molecule has 0 unspecified atom stereocenters. The first kappa shape index (κ1) is 17.4. The largest absolute Gasteiger partial charge is 0.488 e. The molecule has 132 valence electrons. The molecule has 6 nitrogen and oxygen atoms in total. The first-order valence-electron chi connectivity index (χ1n) is 8.25. The maximum absolute atomic E-state index is 11.4. The summed E-state index contributed by atoms with van der Waals surface area (Å²) in [5.74, 6) is 1.02. The van der Waals surface area contributed by atoms with Crippen LogP contribution in [0.5, 0.6) is 5.75 Å². The predicted octanol–water partition coefficient (Wildman–Crippen LogP) is 3.41. The average molecular weight is 348 g/mol. The standard InChI is InChI=1S/C20H20N4O2/c1-14-7-3-4-9-17(14)13-26-18-10-6-5-8-16(18)12-21-24-20-22-15(2)11-19(25)23-20/h3-12H,13H2,1-2H3,(H2,22,23,24,25)/b21-12+. The van der Waals surface area contributed by atoms with Crippen LogP contribution < -0.4 is 15.7 Å². The number of para-hydroxylation sites is 1. The molecule has 0 aliphatic carbocycles. The molecule has 3 rings (SSSR count). The predicted molar refractivity (Wildman–Crippen MR) is 103 cm³/mol. The molecular weight excluding hydrogens is 328 g/mol. The lowest BCUT2D eigenvalue weighted by Gasteiger charge is -2.10. The normalized spacial score (nSPS) is 10.8. The van der Waals surface area contributed by atoms with Crippen molar-refractivity contribution in [2.75, 3.05) is 5.43 Å². The fourth-order valence-corrected chi connectivity index (χ4v) is 2.44. The molecule has 0 saturated carbocycles. The van der Waals surface area contributed by atoms with Crippen LogP contribution in [-0.2, 0) is 6.61 Å². The van der Waals surface area contributed by atoms with Crippen molar-refractivity contribution >= 4 is 12.2 Å². The zero-order valence-electron chi connectivity index (χ0n) is 14.7. The third-order valence-electron chi connectivity index (χ3n) is 3.81. The SMILES string of the molecule is Cc1cc(=O)[nH]c(N/N=C/c2ccccc2OCc2ccccc2C)n1. The van der Waals surface area contributed by atoms with Gasteiger partial charge in [0.1, 0.15) is 12.4 Å². The van der Waals surface area contributed by atoms with E-state index in [-0.39, 0.29) is 5.56 Å². The minimum absolute atomic E-state index is 0.225. The summed E-state index contributed by atoms with van der Waals surface area (Å²) in [6.45, 7) is 4.29. The number of hydrogen-bond donors (Lipinski definition) is 2. The monoisotopic (exact) mass is 348 g/mol. The van der Waals surface area contributed by atoms with Crippen molar-refractivity contribution in [1.29, 1.82) is 0 Å². The van der Waals surface area contributed by atoms with Crippen LogP contribution in [-0.4, -0.2) is 16.2 Å². The zero-order valence-corrected chi connectivity index (χ0v) is 14.7. The summed E-state index contributed by atoms with van der Waals surface area (Å²) in [4.78, 5) is 18.2. The number of nitrogens with one attached hydrogen (secondary N) is 2. The average Bonchev–Trinajstić information content (AvgIpc) is 2.61. The van der Waals surface area contributed by atoms with Crippen LogP contribution in [0.25, 0.3) is 0 Å². The van der Waals surface area contributed by atoms with E-state index in [2.05, 4.69) is 33.5 Å². The maximum atomic E-state index is 11.4. The number of rotatable bonds is 6. The Morgan fingerprint density at radius 3 is 2.73 bits per heavy atom. The van der Waals surface area contributed by atoms with E-state index >= 15 is 0 Å². The second kappa shape index (κ2) is 8.11. The van der Waals surface area contributed by atoms with Gasteiger partial charge in [0.05, 0.1) is 6.21 Å². The molecule has 0 bridgehead atoms. The van der Waals surface area contributed by atoms with Gasteiger partial charge in [0.15, 0.2) is 0 Å². The van der Waals surface area contributed by atoms with Crippen LogP contribution in [0.1, 0.15) is 22.4 Å². The summed E-state index contributed by atoms with van der Waals surface area (Å²) >= 11 is 0. The van der Waals surface area contributed by atoms with Gasteiger partial charge in [0, 0.05) is 17.3 Å². The van der Waals surface area contributed by atoms with Gasteiger partial charge in [-0.3, -0.25) is 9.78 Å². The third kappa shape index (κ3) is 4.57. The molecule has 0 radical (unpaired) electrons. The molecule has 0 aliphatic heterocycles. The molecule has 0 amide bonds. The van der Waals surface area contributed by atoms with Crippen molar-refractivity contribution in [3.63, 3.8) is 0 Å². The second-order valence-electron chi connectivity index (χ2n) is 5.86. The number of ether oxygens (including phenoxy) is 1. The lowest BCUT2D eigenvalue weighted by Crippen LogP contribution is -2.10. The van der Waals surface area contributed by atoms with E-state index in [9.17, 15) is 4.79 Å². The first-order chi connectivity index (χ1) is 12.6. The highest BCUT2D eigenvalue weighted by atomic mass is 16.5. The summed E-state index contributed by atoms with van der Waals surface area (Å²) in [5.41, 5.74) is 6.28. The number of anilines is 1. The second-order valence-corrected chi connectivity index (χ2v) is 5.86. The van der Waals surface area contributed by atoms with Gasteiger partial charge < -0.3 is 4.74 Å². The lowest BCUT2D eigenvalue weighted by molar-refractivity contribution is 0.305. The van der Waals surface area contributed by atoms with Crippen LogP contribution in [0.3, 0.4) is 0 Å². The smallest absolute Gasteiger partial charge is 0.252 e. The first-order valence-corrected chi connectivity index (χ1v) is 8.25. The molecule has 26 heavy (non-hydrogen) atoms. The van der Waals surface area contributed by atoms with Gasteiger partial charge in [-0.2, -0.15) is 5.10 Å². The van der Waals surface area contributed by atoms with Gasteiger partial charge in [-0.05, 0) is 37.1 Å². The molecule has 3 aromatic rings. The van der Waals surface area contributed by atoms with Crippen molar-refractivity contribution < 1.29 is 4.74 Å². The lowest BCUT2D eigenvalue weighted by atomic mass is 10.1. The molecule has 0 fully saturated rings. The summed E-state index contributed by atoms with van der Waals surface area (Å²) in [6.07, 6.45) is 1.63. The Morgan fingerprint density at radius 1 is 1.15 bits per heavy atom. The molecule has 2 N–H and O–H groups in total. The maximum Gasteiger partial charge on any atom is 0.252 e. The number of benzene rings is 2. The van der Waals surface area contributed by atoms with Gasteiger partial charge in [0.25, 0.3) is 5.56 Å². The van der Waals surface area contributed by atoms with Crippen molar-refractivity contribution in [2.45, 2.75) is 20.5 Å². The summed E-state index contributed by atoms with van der Waals surface area (Å²) in [6, 6.07) is 17.2. The Labute approximate surface area is 151 Å². The molecule has 1 heterocycles. The van der Waals surface area contributed by atoms with E-state index < -0.39 is 0 Å². The summed E-state index contributed by atoms with van der Waals surface area (Å²) in [7, 11) is 0. The van der Waals surface area contributed by atoms with Crippen LogP contribution in [0.15, 0.2) is 64.5 Å². The highest BCUT2D eigenvalue weighted by Gasteiger charge is 2.03. The van der Waals surface area contributed by atoms with Gasteiger partial charge >= 0.3 is 0 Å². The van der Waals surface area contributed by atoms with Crippen molar-refractivity contribution in [1.82, 2.24) is 9.97 Å². The number of hydrogen-bond acceptors (Lipinski definition) is 5. The molecule has 2 aromatic carbocycles. The van der Waals surface area contributed by atoms with Gasteiger partial charge in [-0.1, -0.05) is 36.4 Å². The summed E-state index contributed by atoms with van der Waals surface area (Å²) < 4.78 is 5.95. The fourth-order valence-electron chi connectivity index (χ4n) is 2.44. The molecular formula is C20H20N4O2. The van der Waals surface area contributed by atoms with Crippen molar-refractivity contribution in [3.8, 4) is 5.75 Å². The number of H-pyrrole nitrogens is 1. The molecule has 0 spiro atoms. The Hall–Kier alpha value is -3.41. The molecule has 1 aromatic heterocycles. The number of aromatic nitrogens is 2. The van der Waals surface area contributed by atoms with E-state index in [0.717, 1.165) is 16.9 Å². The van der Waals surface area contributed by atoms with Crippen LogP contribution in [0.2, 0.25) is 0 Å². The Kier molecular flexibility index (Phi) is 5.43. The zero-order chi connectivity index (χ0) is 18.4. The Bertz CT molecular complexity index is 979. The molecule has 0 atom stereocenters. The van der Waals surface area contributed by atoms with Crippen LogP contribution in [0, 0.1) is 13.8 Å². The van der Waals surface area contributed by atoms with E-state index in [1.807, 2.05) is 42.5 Å². The quantitative estimate of drug-likeness (QED) is 0.528. The highest BCUT2D eigenvalue weighted by molar-refractivity contribution is 5.83. The number of aryl methyl sites for hydroxylation is 2. The Morgan fingerprint density at radius 2 is 1.92 bits per heavy atom. The van der Waals surface area contributed by atoms with Crippen LogP contribution in [0.4, 0.5) is 5.95 Å². The minimum atomic E-state index is -0.225. The number of aromatic amines is 1. The highest BCUT2D eigenvalue weighted by Crippen LogP contribution is 2.18. The van der Waals surface area contributed by atoms with E-state index in [0.29, 0.717) is 18.2 Å².